The highest BCUT2D eigenvalue weighted by Crippen LogP contribution is 2.32. The van der Waals surface area contributed by atoms with E-state index < -0.39 is 0 Å². The van der Waals surface area contributed by atoms with Crippen molar-refractivity contribution in [1.82, 2.24) is 15.0 Å². The molecule has 4 rings (SSSR count). The standard InChI is InChI=1S/C15H8BrClN4S/c16-10-5-13-9(4-11(10)17)15(19-6-18-13)21-8-1-2-12-14(3-8)22-7-20-12/h1-7H,(H,18,19,21). The number of anilines is 2. The molecular weight excluding hydrogens is 384 g/mol. The monoisotopic (exact) mass is 390 g/mol. The van der Waals surface area contributed by atoms with Gasteiger partial charge >= 0.3 is 0 Å². The van der Waals surface area contributed by atoms with Gasteiger partial charge in [0.1, 0.15) is 12.1 Å². The minimum atomic E-state index is 0.628. The van der Waals surface area contributed by atoms with Crippen LogP contribution in [0.25, 0.3) is 21.1 Å². The molecule has 0 unspecified atom stereocenters. The third-order valence-corrected chi connectivity index (χ3v) is 5.26. The Morgan fingerprint density at radius 3 is 2.86 bits per heavy atom. The Labute approximate surface area is 143 Å². The van der Waals surface area contributed by atoms with Gasteiger partial charge in [-0.05, 0) is 46.3 Å². The number of nitrogens with zero attached hydrogens (tertiary/aromatic N) is 3. The Kier molecular flexibility index (Phi) is 3.44. The van der Waals surface area contributed by atoms with Gasteiger partial charge in [-0.1, -0.05) is 11.6 Å². The van der Waals surface area contributed by atoms with Crippen molar-refractivity contribution in [3.63, 3.8) is 0 Å². The lowest BCUT2D eigenvalue weighted by Gasteiger charge is -2.09. The molecule has 0 bridgehead atoms. The second-order valence-corrected chi connectivity index (χ2v) is 6.81. The van der Waals surface area contributed by atoms with Crippen LogP contribution in [0.15, 0.2) is 46.6 Å². The average Bonchev–Trinajstić information content (AvgIpc) is 2.97. The summed E-state index contributed by atoms with van der Waals surface area (Å²) < 4.78 is 1.95. The normalized spacial score (nSPS) is 11.2. The lowest BCUT2D eigenvalue weighted by molar-refractivity contribution is 1.22. The maximum atomic E-state index is 6.19. The molecule has 0 radical (unpaired) electrons. The molecule has 4 nitrogen and oxygen atoms in total. The predicted octanol–water partition coefficient (Wildman–Crippen LogP) is 5.40. The van der Waals surface area contributed by atoms with Crippen LogP contribution in [0.3, 0.4) is 0 Å². The molecule has 0 saturated heterocycles. The molecule has 108 valence electrons. The second-order valence-electron chi connectivity index (χ2n) is 4.67. The molecule has 4 aromatic rings. The molecule has 0 amide bonds. The zero-order chi connectivity index (χ0) is 15.1. The van der Waals surface area contributed by atoms with Gasteiger partial charge in [0.25, 0.3) is 0 Å². The van der Waals surface area contributed by atoms with E-state index in [9.17, 15) is 0 Å². The van der Waals surface area contributed by atoms with Crippen LogP contribution < -0.4 is 5.32 Å². The van der Waals surface area contributed by atoms with E-state index in [1.807, 2.05) is 29.8 Å². The first kappa shape index (κ1) is 13.9. The Balaban J connectivity index is 1.81. The van der Waals surface area contributed by atoms with E-state index in [1.165, 1.54) is 6.33 Å². The van der Waals surface area contributed by atoms with E-state index in [2.05, 4.69) is 42.3 Å². The number of aromatic nitrogens is 3. The third-order valence-electron chi connectivity index (χ3n) is 3.27. The van der Waals surface area contributed by atoms with Crippen LogP contribution in [0, 0.1) is 0 Å². The number of hydrogen-bond acceptors (Lipinski definition) is 5. The first-order valence-corrected chi connectivity index (χ1v) is 8.46. The van der Waals surface area contributed by atoms with Crippen LogP contribution >= 0.6 is 38.9 Å². The molecule has 2 aromatic heterocycles. The first-order chi connectivity index (χ1) is 10.7. The molecule has 22 heavy (non-hydrogen) atoms. The van der Waals surface area contributed by atoms with Crippen molar-refractivity contribution in [3.05, 3.63) is 51.7 Å². The van der Waals surface area contributed by atoms with E-state index in [1.54, 1.807) is 11.3 Å². The maximum Gasteiger partial charge on any atom is 0.141 e. The molecular formula is C15H8BrClN4S. The summed E-state index contributed by atoms with van der Waals surface area (Å²) in [6, 6.07) is 9.77. The summed E-state index contributed by atoms with van der Waals surface area (Å²) in [5, 5.41) is 4.83. The molecule has 7 heteroatoms. The van der Waals surface area contributed by atoms with Gasteiger partial charge in [-0.25, -0.2) is 15.0 Å². The van der Waals surface area contributed by atoms with Crippen molar-refractivity contribution in [3.8, 4) is 0 Å². The molecule has 0 fully saturated rings. The first-order valence-electron chi connectivity index (χ1n) is 6.41. The van der Waals surface area contributed by atoms with Crippen molar-refractivity contribution in [1.29, 1.82) is 0 Å². The molecule has 0 aliphatic heterocycles. The summed E-state index contributed by atoms with van der Waals surface area (Å²) in [5.41, 5.74) is 4.62. The summed E-state index contributed by atoms with van der Waals surface area (Å²) in [7, 11) is 0. The van der Waals surface area contributed by atoms with E-state index >= 15 is 0 Å². The molecule has 2 aromatic carbocycles. The molecule has 2 heterocycles. The predicted molar refractivity (Wildman–Crippen MR) is 95.2 cm³/mol. The molecule has 0 aliphatic carbocycles. The quantitative estimate of drug-likeness (QED) is 0.497. The van der Waals surface area contributed by atoms with Gasteiger partial charge in [0.15, 0.2) is 0 Å². The maximum absolute atomic E-state index is 6.19. The molecule has 0 aliphatic rings. The van der Waals surface area contributed by atoms with E-state index in [0.717, 1.165) is 37.1 Å². The summed E-state index contributed by atoms with van der Waals surface area (Å²) in [6.07, 6.45) is 1.54. The van der Waals surface area contributed by atoms with Gasteiger partial charge in [0, 0.05) is 15.5 Å². The van der Waals surface area contributed by atoms with Gasteiger partial charge in [0.05, 0.1) is 26.3 Å². The number of hydrogen-bond donors (Lipinski definition) is 1. The van der Waals surface area contributed by atoms with Crippen LogP contribution in [0.1, 0.15) is 0 Å². The van der Waals surface area contributed by atoms with Crippen molar-refractivity contribution in [2.24, 2.45) is 0 Å². The van der Waals surface area contributed by atoms with Crippen LogP contribution in [-0.4, -0.2) is 15.0 Å². The van der Waals surface area contributed by atoms with Crippen molar-refractivity contribution >= 4 is 71.5 Å². The van der Waals surface area contributed by atoms with Crippen LogP contribution in [0.2, 0.25) is 5.02 Å². The van der Waals surface area contributed by atoms with Crippen LogP contribution in [0.5, 0.6) is 0 Å². The number of fused-ring (bicyclic) bond motifs is 2. The summed E-state index contributed by atoms with van der Waals surface area (Å²) in [5.74, 6) is 0.725. The number of rotatable bonds is 2. The SMILES string of the molecule is Clc1cc2c(Nc3ccc4ncsc4c3)ncnc2cc1Br. The highest BCUT2D eigenvalue weighted by atomic mass is 79.9. The van der Waals surface area contributed by atoms with Gasteiger partial charge in [-0.15, -0.1) is 11.3 Å². The second kappa shape index (κ2) is 5.46. The van der Waals surface area contributed by atoms with Crippen molar-refractivity contribution < 1.29 is 0 Å². The fourth-order valence-corrected chi connectivity index (χ4v) is 3.43. The number of thiazole rings is 1. The van der Waals surface area contributed by atoms with Crippen molar-refractivity contribution in [2.45, 2.75) is 0 Å². The minimum Gasteiger partial charge on any atom is -0.340 e. The zero-order valence-electron chi connectivity index (χ0n) is 11.0. The molecule has 1 N–H and O–H groups in total. The van der Waals surface area contributed by atoms with E-state index in [4.69, 9.17) is 11.6 Å². The largest absolute Gasteiger partial charge is 0.340 e. The Morgan fingerprint density at radius 2 is 1.95 bits per heavy atom. The Bertz CT molecular complexity index is 1000. The lowest BCUT2D eigenvalue weighted by atomic mass is 10.2. The van der Waals surface area contributed by atoms with Gasteiger partial charge in [-0.2, -0.15) is 0 Å². The van der Waals surface area contributed by atoms with Gasteiger partial charge < -0.3 is 5.32 Å². The molecule has 0 saturated carbocycles. The average molecular weight is 392 g/mol. The number of halogens is 2. The Morgan fingerprint density at radius 1 is 1.05 bits per heavy atom. The number of benzene rings is 2. The summed E-state index contributed by atoms with van der Waals surface area (Å²) in [4.78, 5) is 12.9. The smallest absolute Gasteiger partial charge is 0.141 e. The number of nitrogens with one attached hydrogen (secondary N) is 1. The topological polar surface area (TPSA) is 50.7 Å². The third kappa shape index (κ3) is 2.43. The van der Waals surface area contributed by atoms with E-state index in [0.29, 0.717) is 5.02 Å². The molecule has 0 atom stereocenters. The highest BCUT2D eigenvalue weighted by Gasteiger charge is 2.08. The minimum absolute atomic E-state index is 0.628. The van der Waals surface area contributed by atoms with Gasteiger partial charge in [0.2, 0.25) is 0 Å². The highest BCUT2D eigenvalue weighted by molar-refractivity contribution is 9.10. The zero-order valence-corrected chi connectivity index (χ0v) is 14.2. The van der Waals surface area contributed by atoms with Gasteiger partial charge in [-0.3, -0.25) is 0 Å². The lowest BCUT2D eigenvalue weighted by Crippen LogP contribution is -1.96. The van der Waals surface area contributed by atoms with Crippen LogP contribution in [0.4, 0.5) is 11.5 Å². The fourth-order valence-electron chi connectivity index (χ4n) is 2.22. The Hall–Kier alpha value is -1.76. The molecule has 0 spiro atoms. The van der Waals surface area contributed by atoms with Crippen molar-refractivity contribution in [2.75, 3.05) is 5.32 Å². The summed E-state index contributed by atoms with van der Waals surface area (Å²) in [6.45, 7) is 0. The summed E-state index contributed by atoms with van der Waals surface area (Å²) >= 11 is 11.2. The van der Waals surface area contributed by atoms with E-state index in [-0.39, 0.29) is 0 Å². The fraction of sp³-hybridized carbons (Fsp3) is 0. The van der Waals surface area contributed by atoms with Crippen LogP contribution in [-0.2, 0) is 0 Å².